The van der Waals surface area contributed by atoms with E-state index in [0.717, 1.165) is 18.7 Å². The normalized spacial score (nSPS) is 10.1. The van der Waals surface area contributed by atoms with Crippen LogP contribution in [0.2, 0.25) is 0 Å². The maximum Gasteiger partial charge on any atom is 0.153 e. The number of amidine groups is 1. The summed E-state index contributed by atoms with van der Waals surface area (Å²) in [6.45, 7) is 2.89. The SMILES string of the molecule is Br.CCSC(=N)NCCC(c1ccccc1)c1ccccc1. The first kappa shape index (κ1) is 18.8. The highest BCUT2D eigenvalue weighted by Gasteiger charge is 2.13. The van der Waals surface area contributed by atoms with Crippen molar-refractivity contribution in [2.24, 2.45) is 0 Å². The van der Waals surface area contributed by atoms with Crippen LogP contribution in [0.25, 0.3) is 0 Å². The highest BCUT2D eigenvalue weighted by molar-refractivity contribution is 8.93. The van der Waals surface area contributed by atoms with Crippen molar-refractivity contribution >= 4 is 33.9 Å². The number of hydrogen-bond donors (Lipinski definition) is 2. The van der Waals surface area contributed by atoms with Crippen molar-refractivity contribution in [2.45, 2.75) is 19.3 Å². The number of rotatable bonds is 6. The van der Waals surface area contributed by atoms with Crippen molar-refractivity contribution in [2.75, 3.05) is 12.3 Å². The third-order valence-corrected chi connectivity index (χ3v) is 4.13. The van der Waals surface area contributed by atoms with Gasteiger partial charge in [0.05, 0.1) is 0 Å². The van der Waals surface area contributed by atoms with Gasteiger partial charge in [0.15, 0.2) is 5.17 Å². The lowest BCUT2D eigenvalue weighted by Gasteiger charge is -2.18. The second-order valence-electron chi connectivity index (χ2n) is 4.85. The van der Waals surface area contributed by atoms with Crippen molar-refractivity contribution in [3.05, 3.63) is 71.8 Å². The van der Waals surface area contributed by atoms with E-state index in [2.05, 4.69) is 72.9 Å². The second kappa shape index (κ2) is 10.5. The third kappa shape index (κ3) is 5.85. The highest BCUT2D eigenvalue weighted by Crippen LogP contribution is 2.27. The van der Waals surface area contributed by atoms with Gasteiger partial charge >= 0.3 is 0 Å². The zero-order valence-corrected chi connectivity index (χ0v) is 15.3. The summed E-state index contributed by atoms with van der Waals surface area (Å²) in [5.41, 5.74) is 2.67. The fourth-order valence-electron chi connectivity index (χ4n) is 2.42. The molecule has 118 valence electrons. The molecular weight excluding hydrogens is 356 g/mol. The number of halogens is 1. The van der Waals surface area contributed by atoms with Crippen LogP contribution >= 0.6 is 28.7 Å². The van der Waals surface area contributed by atoms with Gasteiger partial charge in [-0.2, -0.15) is 0 Å². The molecular formula is C18H23BrN2S. The molecule has 0 fully saturated rings. The topological polar surface area (TPSA) is 35.9 Å². The van der Waals surface area contributed by atoms with Crippen LogP contribution in [0.4, 0.5) is 0 Å². The van der Waals surface area contributed by atoms with Gasteiger partial charge < -0.3 is 5.32 Å². The monoisotopic (exact) mass is 378 g/mol. The highest BCUT2D eigenvalue weighted by atomic mass is 79.9. The number of thioether (sulfide) groups is 1. The molecule has 0 aliphatic carbocycles. The summed E-state index contributed by atoms with van der Waals surface area (Å²) in [7, 11) is 0. The predicted molar refractivity (Wildman–Crippen MR) is 104 cm³/mol. The molecule has 0 radical (unpaired) electrons. The Labute approximate surface area is 148 Å². The van der Waals surface area contributed by atoms with E-state index in [-0.39, 0.29) is 17.0 Å². The van der Waals surface area contributed by atoms with Gasteiger partial charge in [-0.15, -0.1) is 17.0 Å². The number of nitrogens with one attached hydrogen (secondary N) is 2. The molecule has 2 rings (SSSR count). The van der Waals surface area contributed by atoms with Gasteiger partial charge in [-0.05, 0) is 23.3 Å². The Morgan fingerprint density at radius 1 is 1.00 bits per heavy atom. The summed E-state index contributed by atoms with van der Waals surface area (Å²) in [4.78, 5) is 0. The Kier molecular flexibility index (Phi) is 8.94. The van der Waals surface area contributed by atoms with Crippen molar-refractivity contribution in [1.82, 2.24) is 5.32 Å². The van der Waals surface area contributed by atoms with Crippen LogP contribution in [0.3, 0.4) is 0 Å². The molecule has 0 bridgehead atoms. The van der Waals surface area contributed by atoms with Crippen molar-refractivity contribution in [1.29, 1.82) is 5.41 Å². The van der Waals surface area contributed by atoms with Crippen LogP contribution < -0.4 is 5.32 Å². The van der Waals surface area contributed by atoms with E-state index in [4.69, 9.17) is 5.41 Å². The van der Waals surface area contributed by atoms with Gasteiger partial charge in [0.25, 0.3) is 0 Å². The van der Waals surface area contributed by atoms with Gasteiger partial charge in [0.2, 0.25) is 0 Å². The number of hydrogen-bond acceptors (Lipinski definition) is 2. The van der Waals surface area contributed by atoms with Gasteiger partial charge in [0, 0.05) is 12.5 Å². The average molecular weight is 379 g/mol. The summed E-state index contributed by atoms with van der Waals surface area (Å²) >= 11 is 1.55. The average Bonchev–Trinajstić information content (AvgIpc) is 2.53. The summed E-state index contributed by atoms with van der Waals surface area (Å²) in [6.07, 6.45) is 0.987. The Balaban J connectivity index is 0.00000242. The van der Waals surface area contributed by atoms with Gasteiger partial charge in [0.1, 0.15) is 0 Å². The molecule has 4 heteroatoms. The Hall–Kier alpha value is -1.26. The number of benzene rings is 2. The van der Waals surface area contributed by atoms with Crippen LogP contribution in [0.1, 0.15) is 30.4 Å². The van der Waals surface area contributed by atoms with Crippen LogP contribution in [0.5, 0.6) is 0 Å². The molecule has 2 nitrogen and oxygen atoms in total. The van der Waals surface area contributed by atoms with E-state index in [1.807, 2.05) is 0 Å². The van der Waals surface area contributed by atoms with Crippen LogP contribution in [0.15, 0.2) is 60.7 Å². The molecule has 22 heavy (non-hydrogen) atoms. The predicted octanol–water partition coefficient (Wildman–Crippen LogP) is 5.06. The van der Waals surface area contributed by atoms with Crippen molar-refractivity contribution in [3.63, 3.8) is 0 Å². The molecule has 0 heterocycles. The van der Waals surface area contributed by atoms with E-state index in [9.17, 15) is 0 Å². The minimum Gasteiger partial charge on any atom is -0.365 e. The first-order valence-corrected chi connectivity index (χ1v) is 8.35. The molecule has 0 spiro atoms. The van der Waals surface area contributed by atoms with Gasteiger partial charge in [-0.3, -0.25) is 5.41 Å². The second-order valence-corrected chi connectivity index (χ2v) is 6.13. The van der Waals surface area contributed by atoms with Crippen LogP contribution in [0, 0.1) is 5.41 Å². The zero-order chi connectivity index (χ0) is 14.9. The molecule has 2 N–H and O–H groups in total. The minimum atomic E-state index is 0. The molecule has 2 aromatic carbocycles. The fourth-order valence-corrected chi connectivity index (χ4v) is 2.91. The van der Waals surface area contributed by atoms with Crippen molar-refractivity contribution < 1.29 is 0 Å². The molecule has 0 atom stereocenters. The maximum absolute atomic E-state index is 7.79. The Morgan fingerprint density at radius 3 is 1.95 bits per heavy atom. The molecule has 0 saturated carbocycles. The summed E-state index contributed by atoms with van der Waals surface area (Å²) in [5.74, 6) is 1.31. The van der Waals surface area contributed by atoms with Crippen LogP contribution in [-0.2, 0) is 0 Å². The summed E-state index contributed by atoms with van der Waals surface area (Å²) in [5, 5.41) is 11.6. The first-order chi connectivity index (χ1) is 10.3. The largest absolute Gasteiger partial charge is 0.365 e. The zero-order valence-electron chi connectivity index (χ0n) is 12.8. The molecule has 0 amide bonds. The minimum absolute atomic E-state index is 0. The molecule has 0 unspecified atom stereocenters. The van der Waals surface area contributed by atoms with E-state index in [1.54, 1.807) is 11.8 Å². The summed E-state index contributed by atoms with van der Waals surface area (Å²) < 4.78 is 0. The quantitative estimate of drug-likeness (QED) is 0.543. The third-order valence-electron chi connectivity index (χ3n) is 3.41. The first-order valence-electron chi connectivity index (χ1n) is 7.36. The van der Waals surface area contributed by atoms with Gasteiger partial charge in [-0.25, -0.2) is 0 Å². The smallest absolute Gasteiger partial charge is 0.153 e. The molecule has 0 aliphatic heterocycles. The van der Waals surface area contributed by atoms with E-state index in [0.29, 0.717) is 11.1 Å². The fraction of sp³-hybridized carbons (Fsp3) is 0.278. The summed E-state index contributed by atoms with van der Waals surface area (Å²) in [6, 6.07) is 21.2. The van der Waals surface area contributed by atoms with E-state index < -0.39 is 0 Å². The lowest BCUT2D eigenvalue weighted by molar-refractivity contribution is 0.694. The van der Waals surface area contributed by atoms with E-state index in [1.165, 1.54) is 11.1 Å². The Bertz CT molecular complexity index is 506. The molecule has 0 aliphatic rings. The molecule has 0 saturated heterocycles. The Morgan fingerprint density at radius 2 is 1.50 bits per heavy atom. The lowest BCUT2D eigenvalue weighted by atomic mass is 9.88. The van der Waals surface area contributed by atoms with E-state index >= 15 is 0 Å². The molecule has 0 aromatic heterocycles. The lowest BCUT2D eigenvalue weighted by Crippen LogP contribution is -2.22. The van der Waals surface area contributed by atoms with Crippen LogP contribution in [-0.4, -0.2) is 17.5 Å². The maximum atomic E-state index is 7.79. The molecule has 2 aromatic rings. The van der Waals surface area contributed by atoms with Crippen molar-refractivity contribution in [3.8, 4) is 0 Å². The standard InChI is InChI=1S/C18H22N2S.BrH/c1-2-21-18(19)20-14-13-17(15-9-5-3-6-10-15)16-11-7-4-8-12-16;/h3-12,17H,2,13-14H2,1H3,(H2,19,20);1H. The van der Waals surface area contributed by atoms with Gasteiger partial charge in [-0.1, -0.05) is 79.3 Å².